The number of methoxy groups -OCH3 is 1. The summed E-state index contributed by atoms with van der Waals surface area (Å²) < 4.78 is 5.11. The van der Waals surface area contributed by atoms with E-state index in [0.717, 1.165) is 12.6 Å². The van der Waals surface area contributed by atoms with Crippen LogP contribution in [-0.2, 0) is 4.74 Å². The van der Waals surface area contributed by atoms with Gasteiger partial charge in [-0.25, -0.2) is 0 Å². The van der Waals surface area contributed by atoms with Crippen LogP contribution in [0, 0.1) is 0 Å². The molecule has 0 radical (unpaired) electrons. The molecule has 0 aliphatic carbocycles. The third kappa shape index (κ3) is 3.16. The summed E-state index contributed by atoms with van der Waals surface area (Å²) in [4.78, 5) is 5.32. The lowest BCUT2D eigenvalue weighted by Gasteiger charge is -2.25. The Bertz CT molecular complexity index is 186. The van der Waals surface area contributed by atoms with Gasteiger partial charge in [0, 0.05) is 32.8 Å². The maximum absolute atomic E-state index is 5.11. The number of fused-ring (bicyclic) bond motifs is 1. The molecule has 0 aromatic heterocycles. The molecule has 0 aromatic rings. The van der Waals surface area contributed by atoms with E-state index in [-0.39, 0.29) is 0 Å². The van der Waals surface area contributed by atoms with Crippen LogP contribution in [0.2, 0.25) is 0 Å². The Morgan fingerprint density at radius 2 is 2.07 bits per heavy atom. The van der Waals surface area contributed by atoms with E-state index >= 15 is 0 Å². The predicted octanol–water partition coefficient (Wildman–Crippen LogP) is 1.19. The Balaban J connectivity index is 1.75. The van der Waals surface area contributed by atoms with Crippen molar-refractivity contribution < 1.29 is 4.74 Å². The van der Waals surface area contributed by atoms with Crippen molar-refractivity contribution in [3.8, 4) is 0 Å². The van der Waals surface area contributed by atoms with Gasteiger partial charge in [0.2, 0.25) is 0 Å². The molecular weight excluding hydrogens is 188 g/mol. The highest BCUT2D eigenvalue weighted by molar-refractivity contribution is 4.84. The van der Waals surface area contributed by atoms with Crippen molar-refractivity contribution in [2.24, 2.45) is 0 Å². The van der Waals surface area contributed by atoms with Crippen LogP contribution < -0.4 is 0 Å². The van der Waals surface area contributed by atoms with Crippen molar-refractivity contribution in [3.05, 3.63) is 0 Å². The van der Waals surface area contributed by atoms with Crippen LogP contribution in [0.15, 0.2) is 0 Å². The zero-order valence-electron chi connectivity index (χ0n) is 9.95. The first-order valence-electron chi connectivity index (χ1n) is 6.35. The highest BCUT2D eigenvalue weighted by atomic mass is 16.5. The van der Waals surface area contributed by atoms with Gasteiger partial charge in [-0.2, -0.15) is 0 Å². The fourth-order valence-electron chi connectivity index (χ4n) is 2.92. The van der Waals surface area contributed by atoms with Crippen LogP contribution in [0.3, 0.4) is 0 Å². The molecule has 2 rings (SSSR count). The normalized spacial score (nSPS) is 29.0. The van der Waals surface area contributed by atoms with Gasteiger partial charge in [-0.1, -0.05) is 0 Å². The van der Waals surface area contributed by atoms with Gasteiger partial charge in [0.25, 0.3) is 0 Å². The van der Waals surface area contributed by atoms with E-state index in [0.29, 0.717) is 0 Å². The van der Waals surface area contributed by atoms with Crippen molar-refractivity contribution in [2.45, 2.75) is 31.7 Å². The predicted molar refractivity (Wildman–Crippen MR) is 62.1 cm³/mol. The molecule has 2 heterocycles. The second kappa shape index (κ2) is 5.83. The average molecular weight is 212 g/mol. The second-order valence-corrected chi connectivity index (χ2v) is 4.83. The van der Waals surface area contributed by atoms with Gasteiger partial charge >= 0.3 is 0 Å². The molecule has 88 valence electrons. The molecule has 2 fully saturated rings. The molecule has 0 spiro atoms. The molecule has 0 amide bonds. The molecule has 1 atom stereocenters. The molecule has 2 saturated heterocycles. The molecule has 2 aliphatic heterocycles. The molecule has 3 nitrogen and oxygen atoms in total. The molecule has 0 bridgehead atoms. The van der Waals surface area contributed by atoms with Crippen LogP contribution in [0.5, 0.6) is 0 Å². The van der Waals surface area contributed by atoms with E-state index in [2.05, 4.69) is 9.80 Å². The summed E-state index contributed by atoms with van der Waals surface area (Å²) in [6, 6.07) is 0.857. The van der Waals surface area contributed by atoms with Crippen molar-refractivity contribution >= 4 is 0 Å². The number of ether oxygens (including phenoxy) is 1. The minimum Gasteiger partial charge on any atom is -0.385 e. The van der Waals surface area contributed by atoms with E-state index in [1.54, 1.807) is 7.11 Å². The third-order valence-corrected chi connectivity index (χ3v) is 3.71. The molecule has 15 heavy (non-hydrogen) atoms. The van der Waals surface area contributed by atoms with Gasteiger partial charge in [0.15, 0.2) is 0 Å². The van der Waals surface area contributed by atoms with Crippen molar-refractivity contribution in [1.82, 2.24) is 9.80 Å². The molecule has 3 heteroatoms. The first kappa shape index (κ1) is 11.4. The molecule has 2 aliphatic rings. The molecule has 0 N–H and O–H groups in total. The Kier molecular flexibility index (Phi) is 4.42. The van der Waals surface area contributed by atoms with Crippen molar-refractivity contribution in [2.75, 3.05) is 46.4 Å². The van der Waals surface area contributed by atoms with Gasteiger partial charge in [-0.05, 0) is 45.3 Å². The highest BCUT2D eigenvalue weighted by Gasteiger charge is 2.28. The van der Waals surface area contributed by atoms with Gasteiger partial charge in [-0.3, -0.25) is 4.90 Å². The van der Waals surface area contributed by atoms with Crippen LogP contribution in [-0.4, -0.2) is 62.3 Å². The average Bonchev–Trinajstić information content (AvgIpc) is 2.58. The van der Waals surface area contributed by atoms with E-state index in [4.69, 9.17) is 4.74 Å². The fourth-order valence-corrected chi connectivity index (χ4v) is 2.92. The molecule has 0 aromatic carbocycles. The number of hydrogen-bond acceptors (Lipinski definition) is 3. The van der Waals surface area contributed by atoms with E-state index < -0.39 is 0 Å². The summed E-state index contributed by atoms with van der Waals surface area (Å²) in [6.07, 6.45) is 5.37. The number of hydrogen-bond donors (Lipinski definition) is 0. The Morgan fingerprint density at radius 1 is 1.20 bits per heavy atom. The second-order valence-electron chi connectivity index (χ2n) is 4.83. The molecule has 1 unspecified atom stereocenters. The molecular formula is C12H24N2O. The maximum atomic E-state index is 5.11. The van der Waals surface area contributed by atoms with Crippen LogP contribution >= 0.6 is 0 Å². The van der Waals surface area contributed by atoms with Crippen molar-refractivity contribution in [3.63, 3.8) is 0 Å². The summed E-state index contributed by atoms with van der Waals surface area (Å²) in [5, 5.41) is 0. The largest absolute Gasteiger partial charge is 0.385 e. The first-order valence-corrected chi connectivity index (χ1v) is 6.35. The van der Waals surface area contributed by atoms with E-state index in [1.807, 2.05) is 0 Å². The van der Waals surface area contributed by atoms with Crippen LogP contribution in [0.25, 0.3) is 0 Å². The fraction of sp³-hybridized carbons (Fsp3) is 1.00. The van der Waals surface area contributed by atoms with Crippen molar-refractivity contribution in [1.29, 1.82) is 0 Å². The summed E-state index contributed by atoms with van der Waals surface area (Å²) in [6.45, 7) is 7.38. The van der Waals surface area contributed by atoms with Crippen LogP contribution in [0.4, 0.5) is 0 Å². The monoisotopic (exact) mass is 212 g/mol. The summed E-state index contributed by atoms with van der Waals surface area (Å²) in [5.41, 5.74) is 0. The van der Waals surface area contributed by atoms with Crippen LogP contribution in [0.1, 0.15) is 25.7 Å². The lowest BCUT2D eigenvalue weighted by atomic mass is 10.2. The quantitative estimate of drug-likeness (QED) is 0.651. The lowest BCUT2D eigenvalue weighted by molar-refractivity contribution is 0.165. The maximum Gasteiger partial charge on any atom is 0.0474 e. The zero-order valence-corrected chi connectivity index (χ0v) is 9.95. The van der Waals surface area contributed by atoms with Gasteiger partial charge in [-0.15, -0.1) is 0 Å². The van der Waals surface area contributed by atoms with E-state index in [1.165, 1.54) is 58.4 Å². The van der Waals surface area contributed by atoms with Gasteiger partial charge in [0.1, 0.15) is 0 Å². The third-order valence-electron chi connectivity index (χ3n) is 3.71. The Hall–Kier alpha value is -0.120. The lowest BCUT2D eigenvalue weighted by Crippen LogP contribution is -2.37. The Labute approximate surface area is 93.4 Å². The smallest absolute Gasteiger partial charge is 0.0474 e. The standard InChI is InChI=1S/C12H24N2O/c1-15-10-4-7-13-6-3-9-14-8-2-5-12(14)11-13/h12H,2-11H2,1H3. The minimum absolute atomic E-state index is 0.857. The summed E-state index contributed by atoms with van der Waals surface area (Å²) in [5.74, 6) is 0. The molecule has 0 saturated carbocycles. The summed E-state index contributed by atoms with van der Waals surface area (Å²) >= 11 is 0. The minimum atomic E-state index is 0.857. The first-order chi connectivity index (χ1) is 7.40. The van der Waals surface area contributed by atoms with E-state index in [9.17, 15) is 0 Å². The van der Waals surface area contributed by atoms with Gasteiger partial charge in [0.05, 0.1) is 0 Å². The topological polar surface area (TPSA) is 15.7 Å². The SMILES string of the molecule is COCCCN1CCCN2CCCC2C1. The Morgan fingerprint density at radius 3 is 2.93 bits per heavy atom. The number of nitrogens with zero attached hydrogens (tertiary/aromatic N) is 2. The highest BCUT2D eigenvalue weighted by Crippen LogP contribution is 2.21. The number of rotatable bonds is 4. The zero-order chi connectivity index (χ0) is 10.5. The summed E-state index contributed by atoms with van der Waals surface area (Å²) in [7, 11) is 1.79. The van der Waals surface area contributed by atoms with Gasteiger partial charge < -0.3 is 9.64 Å².